The van der Waals surface area contributed by atoms with Gasteiger partial charge in [0.25, 0.3) is 0 Å². The zero-order chi connectivity index (χ0) is 14.7. The third-order valence-electron chi connectivity index (χ3n) is 4.29. The van der Waals surface area contributed by atoms with Crippen LogP contribution in [0.3, 0.4) is 0 Å². The van der Waals surface area contributed by atoms with Crippen molar-refractivity contribution < 1.29 is 9.53 Å². The van der Waals surface area contributed by atoms with E-state index in [-0.39, 0.29) is 5.91 Å². The summed E-state index contributed by atoms with van der Waals surface area (Å²) >= 11 is 0. The molecule has 1 amide bonds. The highest BCUT2D eigenvalue weighted by atomic mass is 16.5. The van der Waals surface area contributed by atoms with Crippen molar-refractivity contribution in [2.24, 2.45) is 0 Å². The maximum absolute atomic E-state index is 12.3. The molecular formula is C15H24N4O2. The summed E-state index contributed by atoms with van der Waals surface area (Å²) in [4.78, 5) is 18.9. The highest BCUT2D eigenvalue weighted by Crippen LogP contribution is 2.17. The number of nitrogens with zero attached hydrogens (tertiary/aromatic N) is 3. The largest absolute Gasteiger partial charge is 0.378 e. The number of hydrogen-bond donors (Lipinski definition) is 1. The van der Waals surface area contributed by atoms with Gasteiger partial charge in [-0.05, 0) is 0 Å². The normalized spacial score (nSPS) is 18.6. The number of nitrogens with one attached hydrogen (secondary N) is 1. The zero-order valence-corrected chi connectivity index (χ0v) is 12.7. The lowest BCUT2D eigenvalue weighted by molar-refractivity contribution is -0.135. The number of aromatic nitrogens is 2. The van der Waals surface area contributed by atoms with E-state index in [2.05, 4.69) is 16.8 Å². The van der Waals surface area contributed by atoms with E-state index in [1.807, 2.05) is 4.90 Å². The van der Waals surface area contributed by atoms with Crippen LogP contribution in [0.2, 0.25) is 0 Å². The molecule has 6 nitrogen and oxygen atoms in total. The van der Waals surface area contributed by atoms with Gasteiger partial charge < -0.3 is 19.5 Å². The minimum atomic E-state index is 0.233. The molecule has 0 radical (unpaired) electrons. The fourth-order valence-electron chi connectivity index (χ4n) is 3.14. The Balaban J connectivity index is 1.66. The van der Waals surface area contributed by atoms with Gasteiger partial charge in [0.15, 0.2) is 0 Å². The summed E-state index contributed by atoms with van der Waals surface area (Å²) in [6.07, 6.45) is 2.48. The third-order valence-corrected chi connectivity index (χ3v) is 4.29. The first-order valence-electron chi connectivity index (χ1n) is 7.93. The molecule has 3 rings (SSSR count). The smallest absolute Gasteiger partial charge is 0.224 e. The second-order valence-corrected chi connectivity index (χ2v) is 5.60. The van der Waals surface area contributed by atoms with Crippen LogP contribution in [0.4, 0.5) is 0 Å². The lowest BCUT2D eigenvalue weighted by Gasteiger charge is -2.27. The average Bonchev–Trinajstić information content (AvgIpc) is 2.91. The SMILES string of the molecule is CCc1nc2c(n1CCC(=O)N1CCOCC1)CCNC2. The van der Waals surface area contributed by atoms with Gasteiger partial charge in [0, 0.05) is 57.7 Å². The van der Waals surface area contributed by atoms with Gasteiger partial charge in [-0.15, -0.1) is 0 Å². The molecule has 0 saturated carbocycles. The van der Waals surface area contributed by atoms with Crippen LogP contribution in [0, 0.1) is 0 Å². The Morgan fingerprint density at radius 3 is 2.95 bits per heavy atom. The quantitative estimate of drug-likeness (QED) is 0.869. The van der Waals surface area contributed by atoms with Crippen molar-refractivity contribution in [2.75, 3.05) is 32.8 Å². The number of fused-ring (bicyclic) bond motifs is 1. The molecule has 3 heterocycles. The van der Waals surface area contributed by atoms with Crippen LogP contribution >= 0.6 is 0 Å². The van der Waals surface area contributed by atoms with E-state index < -0.39 is 0 Å². The monoisotopic (exact) mass is 292 g/mol. The first-order chi connectivity index (χ1) is 10.3. The number of rotatable bonds is 4. The van der Waals surface area contributed by atoms with Gasteiger partial charge in [-0.1, -0.05) is 6.92 Å². The number of carbonyl (C=O) groups excluding carboxylic acids is 1. The van der Waals surface area contributed by atoms with Crippen molar-refractivity contribution in [3.8, 4) is 0 Å². The number of imidazole rings is 1. The molecule has 1 fully saturated rings. The topological polar surface area (TPSA) is 59.4 Å². The van der Waals surface area contributed by atoms with Gasteiger partial charge in [0.1, 0.15) is 5.82 Å². The summed E-state index contributed by atoms with van der Waals surface area (Å²) in [5.41, 5.74) is 2.48. The van der Waals surface area contributed by atoms with Crippen LogP contribution in [0.1, 0.15) is 30.6 Å². The molecule has 0 spiro atoms. The molecule has 0 aliphatic carbocycles. The number of aryl methyl sites for hydroxylation is 1. The Hall–Kier alpha value is -1.40. The predicted molar refractivity (Wildman–Crippen MR) is 79.0 cm³/mol. The van der Waals surface area contributed by atoms with Crippen LogP contribution in [-0.4, -0.2) is 53.2 Å². The van der Waals surface area contributed by atoms with E-state index in [0.29, 0.717) is 19.6 Å². The van der Waals surface area contributed by atoms with E-state index in [1.165, 1.54) is 5.69 Å². The van der Waals surface area contributed by atoms with Crippen LogP contribution in [0.25, 0.3) is 0 Å². The Morgan fingerprint density at radius 1 is 1.38 bits per heavy atom. The average molecular weight is 292 g/mol. The van der Waals surface area contributed by atoms with Crippen molar-refractivity contribution in [1.82, 2.24) is 19.8 Å². The van der Waals surface area contributed by atoms with Crippen molar-refractivity contribution in [3.05, 3.63) is 17.2 Å². The molecule has 1 aromatic rings. The molecule has 0 atom stereocenters. The predicted octanol–water partition coefficient (Wildman–Crippen LogP) is 0.340. The Kier molecular flexibility index (Phi) is 4.55. The van der Waals surface area contributed by atoms with E-state index in [4.69, 9.17) is 9.72 Å². The molecule has 21 heavy (non-hydrogen) atoms. The van der Waals surface area contributed by atoms with Crippen molar-refractivity contribution in [2.45, 2.75) is 39.3 Å². The summed E-state index contributed by atoms with van der Waals surface area (Å²) in [6, 6.07) is 0. The fraction of sp³-hybridized carbons (Fsp3) is 0.733. The van der Waals surface area contributed by atoms with Gasteiger partial charge in [-0.25, -0.2) is 4.98 Å². The van der Waals surface area contributed by atoms with E-state index in [0.717, 1.165) is 57.1 Å². The standard InChI is InChI=1S/C15H24N4O2/c1-2-14-17-12-11-16-5-3-13(12)19(14)6-4-15(20)18-7-9-21-10-8-18/h16H,2-11H2,1H3. The van der Waals surface area contributed by atoms with Crippen molar-refractivity contribution in [1.29, 1.82) is 0 Å². The minimum absolute atomic E-state index is 0.233. The molecule has 0 bridgehead atoms. The molecule has 1 N–H and O–H groups in total. The number of hydrogen-bond acceptors (Lipinski definition) is 4. The summed E-state index contributed by atoms with van der Waals surface area (Å²) < 4.78 is 7.57. The maximum Gasteiger partial charge on any atom is 0.224 e. The second kappa shape index (κ2) is 6.58. The van der Waals surface area contributed by atoms with Crippen molar-refractivity contribution >= 4 is 5.91 Å². The fourth-order valence-corrected chi connectivity index (χ4v) is 3.14. The highest BCUT2D eigenvalue weighted by Gasteiger charge is 2.21. The number of ether oxygens (including phenoxy) is 1. The molecule has 0 aromatic carbocycles. The van der Waals surface area contributed by atoms with Gasteiger partial charge in [-0.2, -0.15) is 0 Å². The molecule has 2 aliphatic rings. The minimum Gasteiger partial charge on any atom is -0.378 e. The van der Waals surface area contributed by atoms with Gasteiger partial charge >= 0.3 is 0 Å². The summed E-state index contributed by atoms with van der Waals surface area (Å²) in [6.45, 7) is 7.52. The number of amides is 1. The van der Waals surface area contributed by atoms with Gasteiger partial charge in [-0.3, -0.25) is 4.79 Å². The molecule has 6 heteroatoms. The third kappa shape index (κ3) is 3.11. The number of carbonyl (C=O) groups is 1. The van der Waals surface area contributed by atoms with E-state index in [1.54, 1.807) is 0 Å². The maximum atomic E-state index is 12.3. The summed E-state index contributed by atoms with van der Waals surface area (Å²) in [5, 5.41) is 3.36. The summed E-state index contributed by atoms with van der Waals surface area (Å²) in [7, 11) is 0. The Labute approximate surface area is 125 Å². The number of morpholine rings is 1. The molecule has 2 aliphatic heterocycles. The zero-order valence-electron chi connectivity index (χ0n) is 12.7. The molecular weight excluding hydrogens is 268 g/mol. The Bertz CT molecular complexity index is 506. The highest BCUT2D eigenvalue weighted by molar-refractivity contribution is 5.76. The second-order valence-electron chi connectivity index (χ2n) is 5.60. The summed E-state index contributed by atoms with van der Waals surface area (Å²) in [5.74, 6) is 1.34. The van der Waals surface area contributed by atoms with Crippen molar-refractivity contribution in [3.63, 3.8) is 0 Å². The molecule has 116 valence electrons. The van der Waals surface area contributed by atoms with Crippen LogP contribution in [0.5, 0.6) is 0 Å². The Morgan fingerprint density at radius 2 is 2.19 bits per heavy atom. The molecule has 1 aromatic heterocycles. The first-order valence-corrected chi connectivity index (χ1v) is 7.93. The van der Waals surface area contributed by atoms with Crippen LogP contribution in [0.15, 0.2) is 0 Å². The van der Waals surface area contributed by atoms with E-state index in [9.17, 15) is 4.79 Å². The van der Waals surface area contributed by atoms with Crippen LogP contribution in [-0.2, 0) is 35.5 Å². The molecule has 1 saturated heterocycles. The first kappa shape index (κ1) is 14.5. The lowest BCUT2D eigenvalue weighted by Crippen LogP contribution is -2.41. The van der Waals surface area contributed by atoms with Crippen LogP contribution < -0.4 is 5.32 Å². The van der Waals surface area contributed by atoms with Gasteiger partial charge in [0.05, 0.1) is 18.9 Å². The molecule has 0 unspecified atom stereocenters. The lowest BCUT2D eigenvalue weighted by atomic mass is 10.2. The van der Waals surface area contributed by atoms with E-state index >= 15 is 0 Å². The van der Waals surface area contributed by atoms with Gasteiger partial charge in [0.2, 0.25) is 5.91 Å².